The minimum atomic E-state index is 0.838. The zero-order valence-corrected chi connectivity index (χ0v) is 5.91. The molecule has 46 valence electrons. The number of ether oxygens (including phenoxy) is 1. The van der Waals surface area contributed by atoms with Crippen molar-refractivity contribution in [1.29, 1.82) is 0 Å². The second kappa shape index (κ2) is 3.34. The topological polar surface area (TPSA) is 9.23 Å². The summed E-state index contributed by atoms with van der Waals surface area (Å²) in [5, 5.41) is 0. The van der Waals surface area contributed by atoms with E-state index in [-0.39, 0.29) is 0 Å². The van der Waals surface area contributed by atoms with Crippen LogP contribution in [0.2, 0.25) is 0 Å². The lowest BCUT2D eigenvalue weighted by Crippen LogP contribution is -1.74. The van der Waals surface area contributed by atoms with Crippen molar-refractivity contribution in [2.75, 3.05) is 7.11 Å². The van der Waals surface area contributed by atoms with Gasteiger partial charge in [0.25, 0.3) is 0 Å². The van der Waals surface area contributed by atoms with Crippen LogP contribution in [0.25, 0.3) is 0 Å². The molecule has 0 aliphatic rings. The average molecular weight is 112 g/mol. The van der Waals surface area contributed by atoms with Crippen LogP contribution in [0, 0.1) is 0 Å². The van der Waals surface area contributed by atoms with Gasteiger partial charge in [0.15, 0.2) is 0 Å². The molecule has 1 heteroatoms. The molecule has 0 bridgehead atoms. The SMILES string of the molecule is COC(C)=C=C(C)C. The van der Waals surface area contributed by atoms with E-state index in [1.54, 1.807) is 7.11 Å². The average Bonchev–Trinajstić information content (AvgIpc) is 1.65. The Balaban J connectivity index is 4.13. The van der Waals surface area contributed by atoms with Gasteiger partial charge in [-0.15, -0.1) is 0 Å². The standard InChI is InChI=1S/C7H12O/c1-6(2)5-7(3)8-4/h1-4H3. The maximum Gasteiger partial charge on any atom is 0.134 e. The molecule has 0 saturated heterocycles. The zero-order chi connectivity index (χ0) is 6.57. The minimum Gasteiger partial charge on any atom is -0.493 e. The second-order valence-corrected chi connectivity index (χ2v) is 1.89. The van der Waals surface area contributed by atoms with Crippen LogP contribution in [0.4, 0.5) is 0 Å². The first-order valence-electron chi connectivity index (χ1n) is 2.61. The number of methoxy groups -OCH3 is 1. The van der Waals surface area contributed by atoms with Crippen molar-refractivity contribution in [2.24, 2.45) is 0 Å². The van der Waals surface area contributed by atoms with E-state index < -0.39 is 0 Å². The van der Waals surface area contributed by atoms with Gasteiger partial charge in [0.2, 0.25) is 0 Å². The fourth-order valence-corrected chi connectivity index (χ4v) is 0.403. The first kappa shape index (κ1) is 7.32. The molecular weight excluding hydrogens is 100 g/mol. The van der Waals surface area contributed by atoms with E-state index in [0.717, 1.165) is 11.3 Å². The van der Waals surface area contributed by atoms with Gasteiger partial charge in [-0.25, -0.2) is 0 Å². The summed E-state index contributed by atoms with van der Waals surface area (Å²) in [6.45, 7) is 5.86. The monoisotopic (exact) mass is 112 g/mol. The van der Waals surface area contributed by atoms with Crippen LogP contribution in [0.3, 0.4) is 0 Å². The largest absolute Gasteiger partial charge is 0.493 e. The Kier molecular flexibility index (Phi) is 3.05. The molecule has 0 radical (unpaired) electrons. The highest BCUT2D eigenvalue weighted by molar-refractivity contribution is 4.97. The molecule has 8 heavy (non-hydrogen) atoms. The van der Waals surface area contributed by atoms with Crippen LogP contribution in [0.5, 0.6) is 0 Å². The second-order valence-electron chi connectivity index (χ2n) is 1.89. The molecule has 1 nitrogen and oxygen atoms in total. The maximum atomic E-state index is 4.85. The highest BCUT2D eigenvalue weighted by Crippen LogP contribution is 1.91. The Hall–Kier alpha value is -0.680. The van der Waals surface area contributed by atoms with Crippen LogP contribution in [-0.2, 0) is 4.74 Å². The molecule has 0 rings (SSSR count). The van der Waals surface area contributed by atoms with Gasteiger partial charge in [-0.1, -0.05) is 5.73 Å². The Bertz CT molecular complexity index is 123. The van der Waals surface area contributed by atoms with Crippen molar-refractivity contribution in [3.63, 3.8) is 0 Å². The first-order valence-corrected chi connectivity index (χ1v) is 2.61. The van der Waals surface area contributed by atoms with Gasteiger partial charge in [0, 0.05) is 6.92 Å². The van der Waals surface area contributed by atoms with Gasteiger partial charge in [0.1, 0.15) is 5.76 Å². The summed E-state index contributed by atoms with van der Waals surface area (Å²) in [4.78, 5) is 0. The summed E-state index contributed by atoms with van der Waals surface area (Å²) in [5.74, 6) is 0.838. The third-order valence-electron chi connectivity index (χ3n) is 0.732. The molecule has 0 aromatic rings. The summed E-state index contributed by atoms with van der Waals surface area (Å²) in [6, 6.07) is 0. The molecule has 0 aliphatic carbocycles. The number of allylic oxidation sites excluding steroid dienone is 1. The Labute approximate surface area is 50.7 Å². The third kappa shape index (κ3) is 3.51. The van der Waals surface area contributed by atoms with E-state index in [9.17, 15) is 0 Å². The van der Waals surface area contributed by atoms with Crippen LogP contribution in [-0.4, -0.2) is 7.11 Å². The zero-order valence-electron chi connectivity index (χ0n) is 5.91. The molecule has 0 spiro atoms. The lowest BCUT2D eigenvalue weighted by atomic mass is 10.3. The van der Waals surface area contributed by atoms with Crippen molar-refractivity contribution in [1.82, 2.24) is 0 Å². The quantitative estimate of drug-likeness (QED) is 0.373. The van der Waals surface area contributed by atoms with Gasteiger partial charge in [-0.2, -0.15) is 0 Å². The van der Waals surface area contributed by atoms with E-state index in [1.807, 2.05) is 20.8 Å². The Morgan fingerprint density at radius 2 is 1.75 bits per heavy atom. The number of hydrogen-bond donors (Lipinski definition) is 0. The van der Waals surface area contributed by atoms with E-state index in [0.29, 0.717) is 0 Å². The van der Waals surface area contributed by atoms with Crippen molar-refractivity contribution in [3.05, 3.63) is 17.1 Å². The van der Waals surface area contributed by atoms with Crippen LogP contribution in [0.15, 0.2) is 17.1 Å². The minimum absolute atomic E-state index is 0.838. The van der Waals surface area contributed by atoms with E-state index in [2.05, 4.69) is 5.73 Å². The predicted molar refractivity (Wildman–Crippen MR) is 34.6 cm³/mol. The lowest BCUT2D eigenvalue weighted by molar-refractivity contribution is 0.294. The summed E-state index contributed by atoms with van der Waals surface area (Å²) < 4.78 is 4.85. The smallest absolute Gasteiger partial charge is 0.134 e. The van der Waals surface area contributed by atoms with Crippen molar-refractivity contribution in [2.45, 2.75) is 20.8 Å². The number of rotatable bonds is 1. The summed E-state index contributed by atoms with van der Waals surface area (Å²) in [5.41, 5.74) is 4.15. The first-order chi connectivity index (χ1) is 3.66. The normalized spacial score (nSPS) is 7.50. The van der Waals surface area contributed by atoms with Crippen molar-refractivity contribution >= 4 is 0 Å². The van der Waals surface area contributed by atoms with E-state index in [1.165, 1.54) is 0 Å². The van der Waals surface area contributed by atoms with Crippen LogP contribution < -0.4 is 0 Å². The number of hydrogen-bond acceptors (Lipinski definition) is 1. The predicted octanol–water partition coefficient (Wildman–Crippen LogP) is 2.10. The molecule has 0 unspecified atom stereocenters. The van der Waals surface area contributed by atoms with Crippen molar-refractivity contribution in [3.8, 4) is 0 Å². The molecule has 0 saturated carbocycles. The highest BCUT2D eigenvalue weighted by Gasteiger charge is 1.76. The van der Waals surface area contributed by atoms with Crippen LogP contribution >= 0.6 is 0 Å². The van der Waals surface area contributed by atoms with Gasteiger partial charge in [-0.05, 0) is 19.4 Å². The fourth-order valence-electron chi connectivity index (χ4n) is 0.403. The van der Waals surface area contributed by atoms with Gasteiger partial charge in [-0.3, -0.25) is 0 Å². The van der Waals surface area contributed by atoms with E-state index >= 15 is 0 Å². The Morgan fingerprint density at radius 1 is 1.25 bits per heavy atom. The highest BCUT2D eigenvalue weighted by atomic mass is 16.5. The maximum absolute atomic E-state index is 4.85. The molecule has 0 heterocycles. The van der Waals surface area contributed by atoms with Gasteiger partial charge in [0.05, 0.1) is 7.11 Å². The summed E-state index contributed by atoms with van der Waals surface area (Å²) in [6.07, 6.45) is 0. The third-order valence-corrected chi connectivity index (χ3v) is 0.732. The van der Waals surface area contributed by atoms with Crippen molar-refractivity contribution < 1.29 is 4.74 Å². The molecule has 0 atom stereocenters. The molecule has 0 amide bonds. The van der Waals surface area contributed by atoms with Gasteiger partial charge >= 0.3 is 0 Å². The lowest BCUT2D eigenvalue weighted by Gasteiger charge is -1.90. The summed E-state index contributed by atoms with van der Waals surface area (Å²) >= 11 is 0. The summed E-state index contributed by atoms with van der Waals surface area (Å²) in [7, 11) is 1.64. The van der Waals surface area contributed by atoms with Crippen LogP contribution in [0.1, 0.15) is 20.8 Å². The fraction of sp³-hybridized carbons (Fsp3) is 0.571. The molecule has 0 N–H and O–H groups in total. The van der Waals surface area contributed by atoms with Gasteiger partial charge < -0.3 is 4.74 Å². The van der Waals surface area contributed by atoms with E-state index in [4.69, 9.17) is 4.74 Å². The molecule has 0 aromatic carbocycles. The Morgan fingerprint density at radius 3 is 1.88 bits per heavy atom. The molecule has 0 aliphatic heterocycles. The molecule has 0 aromatic heterocycles. The molecular formula is C7H12O. The molecule has 0 fully saturated rings.